The number of Topliss-reactive ketones (excluding diaryl/α,β-unsaturated/α-hetero) is 1. The average molecular weight is 343 g/mol. The number of nitrogens with zero attached hydrogens (tertiary/aromatic N) is 3. The largest absolute Gasteiger partial charge is 0.366 e. The normalized spacial score (nSPS) is 14.5. The van der Waals surface area contributed by atoms with Gasteiger partial charge in [-0.2, -0.15) is 0 Å². The molecule has 0 radical (unpaired) electrons. The van der Waals surface area contributed by atoms with Crippen LogP contribution >= 0.6 is 0 Å². The van der Waals surface area contributed by atoms with Crippen LogP contribution in [0.25, 0.3) is 0 Å². The van der Waals surface area contributed by atoms with E-state index in [4.69, 9.17) is 0 Å². The molecule has 1 saturated heterocycles. The quantitative estimate of drug-likeness (QED) is 0.484. The predicted octanol–water partition coefficient (Wildman–Crippen LogP) is 3.26. The maximum absolute atomic E-state index is 14.3. The molecule has 1 aliphatic heterocycles. The number of nitro benzene ring substituents is 1. The van der Waals surface area contributed by atoms with Crippen LogP contribution in [0.15, 0.2) is 42.5 Å². The molecule has 7 heteroatoms. The Morgan fingerprint density at radius 2 is 1.64 bits per heavy atom. The van der Waals surface area contributed by atoms with Gasteiger partial charge in [-0.1, -0.05) is 12.1 Å². The summed E-state index contributed by atoms with van der Waals surface area (Å²) in [7, 11) is 0. The van der Waals surface area contributed by atoms with Crippen molar-refractivity contribution in [1.29, 1.82) is 0 Å². The fourth-order valence-electron chi connectivity index (χ4n) is 3.06. The standard InChI is InChI=1S/C18H18FN3O3/c1-13(23)14-6-7-16(15(19)12-14)20-8-10-21(11-9-20)17-4-2-3-5-18(17)22(24)25/h2-7,12H,8-11H2,1H3. The number of hydrogen-bond acceptors (Lipinski definition) is 5. The van der Waals surface area contributed by atoms with E-state index >= 15 is 0 Å². The smallest absolute Gasteiger partial charge is 0.292 e. The molecule has 0 atom stereocenters. The van der Waals surface area contributed by atoms with Crippen LogP contribution < -0.4 is 9.80 Å². The van der Waals surface area contributed by atoms with E-state index in [1.165, 1.54) is 19.1 Å². The number of piperazine rings is 1. The van der Waals surface area contributed by atoms with Crippen molar-refractivity contribution in [2.24, 2.45) is 0 Å². The Balaban J connectivity index is 1.75. The van der Waals surface area contributed by atoms with Gasteiger partial charge < -0.3 is 9.80 Å². The Kier molecular flexibility index (Phi) is 4.65. The third-order valence-electron chi connectivity index (χ3n) is 4.39. The van der Waals surface area contributed by atoms with Gasteiger partial charge in [0.05, 0.1) is 10.6 Å². The van der Waals surface area contributed by atoms with Gasteiger partial charge in [0.2, 0.25) is 0 Å². The summed E-state index contributed by atoms with van der Waals surface area (Å²) in [5.41, 5.74) is 1.46. The molecule has 0 N–H and O–H groups in total. The fourth-order valence-corrected chi connectivity index (χ4v) is 3.06. The first-order chi connectivity index (χ1) is 12.0. The molecule has 1 heterocycles. The van der Waals surface area contributed by atoms with Gasteiger partial charge in [0.15, 0.2) is 5.78 Å². The number of nitro groups is 1. The van der Waals surface area contributed by atoms with E-state index in [2.05, 4.69) is 0 Å². The SMILES string of the molecule is CC(=O)c1ccc(N2CCN(c3ccccc3[N+](=O)[O-])CC2)c(F)c1. The lowest BCUT2D eigenvalue weighted by Gasteiger charge is -2.37. The Morgan fingerprint density at radius 1 is 1.04 bits per heavy atom. The molecule has 0 amide bonds. The van der Waals surface area contributed by atoms with Crippen molar-refractivity contribution in [2.45, 2.75) is 6.92 Å². The van der Waals surface area contributed by atoms with Crippen molar-refractivity contribution < 1.29 is 14.1 Å². The number of benzene rings is 2. The van der Waals surface area contributed by atoms with Crippen LogP contribution in [0.5, 0.6) is 0 Å². The van der Waals surface area contributed by atoms with Gasteiger partial charge >= 0.3 is 0 Å². The van der Waals surface area contributed by atoms with Crippen LogP contribution in [0.4, 0.5) is 21.5 Å². The summed E-state index contributed by atoms with van der Waals surface area (Å²) in [4.78, 5) is 26.0. The lowest BCUT2D eigenvalue weighted by Crippen LogP contribution is -2.47. The Bertz CT molecular complexity index is 817. The summed E-state index contributed by atoms with van der Waals surface area (Å²) in [5.74, 6) is -0.599. The van der Waals surface area contributed by atoms with Gasteiger partial charge in [-0.15, -0.1) is 0 Å². The Hall–Kier alpha value is -2.96. The first-order valence-electron chi connectivity index (χ1n) is 8.01. The lowest BCUT2D eigenvalue weighted by atomic mass is 10.1. The summed E-state index contributed by atoms with van der Waals surface area (Å²) < 4.78 is 14.3. The van der Waals surface area contributed by atoms with E-state index in [0.29, 0.717) is 43.1 Å². The minimum absolute atomic E-state index is 0.0768. The highest BCUT2D eigenvalue weighted by Crippen LogP contribution is 2.29. The van der Waals surface area contributed by atoms with Crippen LogP contribution in [0.1, 0.15) is 17.3 Å². The average Bonchev–Trinajstić information content (AvgIpc) is 2.61. The Labute approximate surface area is 144 Å². The molecule has 0 aliphatic carbocycles. The molecule has 2 aromatic rings. The molecule has 6 nitrogen and oxygen atoms in total. The van der Waals surface area contributed by atoms with Crippen molar-refractivity contribution in [2.75, 3.05) is 36.0 Å². The molecular weight excluding hydrogens is 325 g/mol. The van der Waals surface area contributed by atoms with Gasteiger partial charge in [0.1, 0.15) is 11.5 Å². The van der Waals surface area contributed by atoms with Gasteiger partial charge in [0.25, 0.3) is 5.69 Å². The highest BCUT2D eigenvalue weighted by molar-refractivity contribution is 5.94. The lowest BCUT2D eigenvalue weighted by molar-refractivity contribution is -0.384. The highest BCUT2D eigenvalue weighted by Gasteiger charge is 2.24. The molecule has 1 fully saturated rings. The fraction of sp³-hybridized carbons (Fsp3) is 0.278. The van der Waals surface area contributed by atoms with Crippen LogP contribution in [-0.4, -0.2) is 36.9 Å². The maximum Gasteiger partial charge on any atom is 0.292 e. The number of para-hydroxylation sites is 2. The van der Waals surface area contributed by atoms with Crippen molar-refractivity contribution in [3.63, 3.8) is 0 Å². The minimum Gasteiger partial charge on any atom is -0.366 e. The van der Waals surface area contributed by atoms with Gasteiger partial charge in [0, 0.05) is 37.8 Å². The first-order valence-corrected chi connectivity index (χ1v) is 8.01. The van der Waals surface area contributed by atoms with Gasteiger partial charge in [-0.05, 0) is 31.2 Å². The van der Waals surface area contributed by atoms with Crippen molar-refractivity contribution in [3.8, 4) is 0 Å². The zero-order valence-corrected chi connectivity index (χ0v) is 13.8. The first kappa shape index (κ1) is 16.9. The summed E-state index contributed by atoms with van der Waals surface area (Å²) >= 11 is 0. The number of rotatable bonds is 4. The van der Waals surface area contributed by atoms with E-state index in [1.54, 1.807) is 30.3 Å². The van der Waals surface area contributed by atoms with E-state index in [1.807, 2.05) is 9.80 Å². The molecule has 0 spiro atoms. The molecule has 0 aromatic heterocycles. The molecule has 1 aliphatic rings. The van der Waals surface area contributed by atoms with Crippen LogP contribution in [0.2, 0.25) is 0 Å². The zero-order chi connectivity index (χ0) is 18.0. The third-order valence-corrected chi connectivity index (χ3v) is 4.39. The second-order valence-electron chi connectivity index (χ2n) is 5.94. The molecule has 0 unspecified atom stereocenters. The zero-order valence-electron chi connectivity index (χ0n) is 13.8. The summed E-state index contributed by atoms with van der Waals surface area (Å²) in [5, 5.41) is 11.2. The second-order valence-corrected chi connectivity index (χ2v) is 5.94. The number of hydrogen-bond donors (Lipinski definition) is 0. The van der Waals surface area contributed by atoms with E-state index in [0.717, 1.165) is 0 Å². The molecule has 2 aromatic carbocycles. The summed E-state index contributed by atoms with van der Waals surface area (Å²) in [6.07, 6.45) is 0. The van der Waals surface area contributed by atoms with Gasteiger partial charge in [-0.3, -0.25) is 14.9 Å². The highest BCUT2D eigenvalue weighted by atomic mass is 19.1. The minimum atomic E-state index is -0.424. The third kappa shape index (κ3) is 3.45. The van der Waals surface area contributed by atoms with Crippen molar-refractivity contribution in [1.82, 2.24) is 0 Å². The number of halogens is 1. The van der Waals surface area contributed by atoms with Crippen molar-refractivity contribution >= 4 is 22.8 Å². The number of ketones is 1. The molecule has 0 saturated carbocycles. The molecular formula is C18H18FN3O3. The monoisotopic (exact) mass is 343 g/mol. The van der Waals surface area contributed by atoms with E-state index < -0.39 is 5.82 Å². The maximum atomic E-state index is 14.3. The molecule has 0 bridgehead atoms. The second kappa shape index (κ2) is 6.88. The van der Waals surface area contributed by atoms with Crippen LogP contribution in [0.3, 0.4) is 0 Å². The number of anilines is 2. The van der Waals surface area contributed by atoms with Crippen molar-refractivity contribution in [3.05, 3.63) is 64.0 Å². The van der Waals surface area contributed by atoms with E-state index in [9.17, 15) is 19.3 Å². The Morgan fingerprint density at radius 3 is 2.20 bits per heavy atom. The summed E-state index contributed by atoms with van der Waals surface area (Å²) in [6, 6.07) is 11.1. The topological polar surface area (TPSA) is 66.7 Å². The van der Waals surface area contributed by atoms with Crippen LogP contribution in [0, 0.1) is 15.9 Å². The van der Waals surface area contributed by atoms with E-state index in [-0.39, 0.29) is 16.4 Å². The van der Waals surface area contributed by atoms with Gasteiger partial charge in [-0.25, -0.2) is 4.39 Å². The summed E-state index contributed by atoms with van der Waals surface area (Å²) in [6.45, 7) is 3.60. The van der Waals surface area contributed by atoms with Crippen LogP contribution in [-0.2, 0) is 0 Å². The number of carbonyl (C=O) groups excluding carboxylic acids is 1. The predicted molar refractivity (Wildman–Crippen MR) is 93.9 cm³/mol. The molecule has 25 heavy (non-hydrogen) atoms. The molecule has 130 valence electrons. The molecule has 3 rings (SSSR count). The number of carbonyl (C=O) groups is 1.